The van der Waals surface area contributed by atoms with Crippen LogP contribution in [0.1, 0.15) is 20.3 Å². The van der Waals surface area contributed by atoms with Crippen LogP contribution in [0.25, 0.3) is 0 Å². The highest BCUT2D eigenvalue weighted by Crippen LogP contribution is 2.04. The van der Waals surface area contributed by atoms with E-state index >= 15 is 0 Å². The fraction of sp³-hybridized carbons (Fsp3) is 0.800. The molecule has 0 radical (unpaired) electrons. The normalized spacial score (nSPS) is 10.4. The van der Waals surface area contributed by atoms with Crippen molar-refractivity contribution in [3.8, 4) is 0 Å². The molecule has 0 aliphatic carbocycles. The number of carbonyl (C=O) groups excluding carboxylic acids is 1. The van der Waals surface area contributed by atoms with Crippen molar-refractivity contribution in [1.82, 2.24) is 4.90 Å². The van der Waals surface area contributed by atoms with Crippen LogP contribution < -0.4 is 0 Å². The van der Waals surface area contributed by atoms with Gasteiger partial charge in [0, 0.05) is 13.1 Å². The first-order chi connectivity index (χ1) is 6.97. The van der Waals surface area contributed by atoms with Crippen LogP contribution in [-0.4, -0.2) is 47.0 Å². The van der Waals surface area contributed by atoms with E-state index in [1.807, 2.05) is 20.1 Å². The Bertz CT molecular complexity index is 219. The van der Waals surface area contributed by atoms with Crippen molar-refractivity contribution < 1.29 is 14.7 Å². The number of thioether (sulfide) groups is 1. The van der Waals surface area contributed by atoms with Crippen molar-refractivity contribution in [3.63, 3.8) is 0 Å². The Kier molecular flexibility index (Phi) is 7.21. The van der Waals surface area contributed by atoms with Crippen LogP contribution in [0.2, 0.25) is 0 Å². The number of carboxylic acid groups (broad SMARTS) is 1. The number of aliphatic carboxylic acids is 1. The molecule has 15 heavy (non-hydrogen) atoms. The van der Waals surface area contributed by atoms with Gasteiger partial charge in [-0.1, -0.05) is 13.8 Å². The zero-order valence-corrected chi connectivity index (χ0v) is 10.3. The molecule has 0 aromatic rings. The summed E-state index contributed by atoms with van der Waals surface area (Å²) in [6, 6.07) is 0. The summed E-state index contributed by atoms with van der Waals surface area (Å²) in [5.41, 5.74) is 0. The molecule has 0 saturated carbocycles. The molecular weight excluding hydrogens is 214 g/mol. The molecule has 1 amide bonds. The highest BCUT2D eigenvalue weighted by Gasteiger charge is 2.15. The Hall–Kier alpha value is -0.710. The van der Waals surface area contributed by atoms with Crippen molar-refractivity contribution in [2.75, 3.05) is 25.1 Å². The van der Waals surface area contributed by atoms with Gasteiger partial charge in [-0.3, -0.25) is 9.59 Å². The summed E-state index contributed by atoms with van der Waals surface area (Å²) in [5, 5.41) is 8.56. The second kappa shape index (κ2) is 7.56. The summed E-state index contributed by atoms with van der Waals surface area (Å²) in [6.07, 6.45) is 1.88. The van der Waals surface area contributed by atoms with Crippen LogP contribution in [0.4, 0.5) is 0 Å². The van der Waals surface area contributed by atoms with E-state index in [1.165, 1.54) is 11.8 Å². The minimum Gasteiger partial charge on any atom is -0.481 e. The summed E-state index contributed by atoms with van der Waals surface area (Å²) < 4.78 is 0. The topological polar surface area (TPSA) is 57.6 Å². The molecule has 1 N–H and O–H groups in total. The Morgan fingerprint density at radius 2 is 2.00 bits per heavy atom. The second-order valence-electron chi connectivity index (χ2n) is 3.81. The molecule has 0 saturated heterocycles. The van der Waals surface area contributed by atoms with E-state index in [9.17, 15) is 9.59 Å². The molecule has 0 atom stereocenters. The molecule has 0 fully saturated rings. The van der Waals surface area contributed by atoms with Crippen LogP contribution in [0.3, 0.4) is 0 Å². The first-order valence-electron chi connectivity index (χ1n) is 4.95. The third-order valence-electron chi connectivity index (χ3n) is 1.80. The van der Waals surface area contributed by atoms with Crippen LogP contribution >= 0.6 is 11.8 Å². The molecule has 0 aromatic heterocycles. The van der Waals surface area contributed by atoms with Gasteiger partial charge in [-0.2, -0.15) is 11.8 Å². The molecule has 0 heterocycles. The molecule has 88 valence electrons. The van der Waals surface area contributed by atoms with Crippen molar-refractivity contribution in [2.24, 2.45) is 5.92 Å². The van der Waals surface area contributed by atoms with Gasteiger partial charge >= 0.3 is 5.97 Å². The molecule has 0 aromatic carbocycles. The zero-order chi connectivity index (χ0) is 11.8. The van der Waals surface area contributed by atoms with Crippen LogP contribution in [0.5, 0.6) is 0 Å². The number of carbonyl (C=O) groups is 2. The highest BCUT2D eigenvalue weighted by atomic mass is 32.2. The van der Waals surface area contributed by atoms with Crippen molar-refractivity contribution in [1.29, 1.82) is 0 Å². The standard InChI is InChI=1S/C10H19NO3S/c1-8(2)6-11(5-4-10(13)14)9(12)7-15-3/h8H,4-7H2,1-3H3,(H,13,14). The monoisotopic (exact) mass is 233 g/mol. The lowest BCUT2D eigenvalue weighted by Crippen LogP contribution is -2.37. The highest BCUT2D eigenvalue weighted by molar-refractivity contribution is 7.99. The predicted octanol–water partition coefficient (Wildman–Crippen LogP) is 1.31. The molecular formula is C10H19NO3S. The quantitative estimate of drug-likeness (QED) is 0.720. The van der Waals surface area contributed by atoms with Gasteiger partial charge < -0.3 is 10.0 Å². The Morgan fingerprint density at radius 1 is 1.40 bits per heavy atom. The second-order valence-corrected chi connectivity index (χ2v) is 4.68. The minimum absolute atomic E-state index is 0.0207. The Labute approximate surface area is 95.0 Å². The van der Waals surface area contributed by atoms with E-state index in [2.05, 4.69) is 0 Å². The summed E-state index contributed by atoms with van der Waals surface area (Å²) in [5.74, 6) is -0.0467. The van der Waals surface area contributed by atoms with Gasteiger partial charge in [-0.25, -0.2) is 0 Å². The van der Waals surface area contributed by atoms with Gasteiger partial charge in [0.25, 0.3) is 0 Å². The lowest BCUT2D eigenvalue weighted by Gasteiger charge is -2.23. The number of hydrogen-bond donors (Lipinski definition) is 1. The molecule has 0 aliphatic heterocycles. The van der Waals surface area contributed by atoms with E-state index < -0.39 is 5.97 Å². The largest absolute Gasteiger partial charge is 0.481 e. The maximum absolute atomic E-state index is 11.6. The minimum atomic E-state index is -0.860. The first-order valence-corrected chi connectivity index (χ1v) is 6.35. The van der Waals surface area contributed by atoms with Crippen molar-refractivity contribution in [2.45, 2.75) is 20.3 Å². The third kappa shape index (κ3) is 7.25. The van der Waals surface area contributed by atoms with Gasteiger partial charge in [-0.05, 0) is 12.2 Å². The van der Waals surface area contributed by atoms with E-state index in [1.54, 1.807) is 4.90 Å². The van der Waals surface area contributed by atoms with E-state index in [0.29, 0.717) is 24.8 Å². The van der Waals surface area contributed by atoms with Gasteiger partial charge in [-0.15, -0.1) is 0 Å². The maximum atomic E-state index is 11.6. The number of carboxylic acids is 1. The fourth-order valence-corrected chi connectivity index (χ4v) is 1.63. The van der Waals surface area contributed by atoms with Gasteiger partial charge in [0.15, 0.2) is 0 Å². The number of hydrogen-bond acceptors (Lipinski definition) is 3. The number of rotatable bonds is 7. The molecule has 0 spiro atoms. The molecule has 4 nitrogen and oxygen atoms in total. The number of amides is 1. The maximum Gasteiger partial charge on any atom is 0.305 e. The molecule has 0 bridgehead atoms. The van der Waals surface area contributed by atoms with Gasteiger partial charge in [0.2, 0.25) is 5.91 Å². The van der Waals surface area contributed by atoms with Crippen LogP contribution in [-0.2, 0) is 9.59 Å². The Balaban J connectivity index is 4.16. The van der Waals surface area contributed by atoms with Gasteiger partial charge in [0.05, 0.1) is 12.2 Å². The summed E-state index contributed by atoms with van der Waals surface area (Å²) in [6.45, 7) is 4.97. The zero-order valence-electron chi connectivity index (χ0n) is 9.52. The molecule has 5 heteroatoms. The van der Waals surface area contributed by atoms with Gasteiger partial charge in [0.1, 0.15) is 0 Å². The average molecular weight is 233 g/mol. The van der Waals surface area contributed by atoms with Crippen LogP contribution in [0.15, 0.2) is 0 Å². The van der Waals surface area contributed by atoms with E-state index in [0.717, 1.165) is 0 Å². The lowest BCUT2D eigenvalue weighted by atomic mass is 10.2. The number of nitrogens with zero attached hydrogens (tertiary/aromatic N) is 1. The summed E-state index contributed by atoms with van der Waals surface area (Å²) in [7, 11) is 0. The third-order valence-corrected chi connectivity index (χ3v) is 2.34. The van der Waals surface area contributed by atoms with Crippen LogP contribution in [0, 0.1) is 5.92 Å². The molecule has 0 aliphatic rings. The average Bonchev–Trinajstić information content (AvgIpc) is 2.11. The SMILES string of the molecule is CSCC(=O)N(CCC(=O)O)CC(C)C. The van der Waals surface area contributed by atoms with E-state index in [-0.39, 0.29) is 12.3 Å². The van der Waals surface area contributed by atoms with E-state index in [4.69, 9.17) is 5.11 Å². The van der Waals surface area contributed by atoms with Crippen molar-refractivity contribution in [3.05, 3.63) is 0 Å². The lowest BCUT2D eigenvalue weighted by molar-refractivity contribution is -0.138. The molecule has 0 rings (SSSR count). The smallest absolute Gasteiger partial charge is 0.305 e. The Morgan fingerprint density at radius 3 is 2.40 bits per heavy atom. The molecule has 0 unspecified atom stereocenters. The first kappa shape index (κ1) is 14.3. The van der Waals surface area contributed by atoms with Crippen molar-refractivity contribution >= 4 is 23.6 Å². The predicted molar refractivity (Wildman–Crippen MR) is 62.1 cm³/mol. The summed E-state index contributed by atoms with van der Waals surface area (Å²) in [4.78, 5) is 23.7. The summed E-state index contributed by atoms with van der Waals surface area (Å²) >= 11 is 1.46. The fourth-order valence-electron chi connectivity index (χ4n) is 1.20.